The Kier molecular flexibility index (Phi) is 3.44. The van der Waals surface area contributed by atoms with Crippen molar-refractivity contribution in [3.63, 3.8) is 0 Å². The number of carbonyl (C=O) groups is 1. The molecule has 0 aromatic heterocycles. The van der Waals surface area contributed by atoms with Crippen LogP contribution in [-0.4, -0.2) is 35.9 Å². The van der Waals surface area contributed by atoms with E-state index in [0.29, 0.717) is 25.0 Å². The molecule has 2 aliphatic heterocycles. The number of benzene rings is 1. The largest absolute Gasteiger partial charge is 0.481 e. The smallest absolute Gasteiger partial charge is 0.308 e. The standard InChI is InChI=1S/C13H12F3NO4S/c14-9-4-7(5-10(15)12(9)16)22(20,21)17-6-1-2-11(17)8(3-6)13(18)19/h4-6,8,11H,1-3H2,(H,18,19). The lowest BCUT2D eigenvalue weighted by atomic mass is 9.89. The summed E-state index contributed by atoms with van der Waals surface area (Å²) >= 11 is 0. The minimum Gasteiger partial charge on any atom is -0.481 e. The molecule has 2 heterocycles. The summed E-state index contributed by atoms with van der Waals surface area (Å²) in [5.41, 5.74) is 0. The van der Waals surface area contributed by atoms with Gasteiger partial charge in [-0.25, -0.2) is 21.6 Å². The summed E-state index contributed by atoms with van der Waals surface area (Å²) < 4.78 is 65.7. The van der Waals surface area contributed by atoms with Gasteiger partial charge in [0.25, 0.3) is 0 Å². The van der Waals surface area contributed by atoms with E-state index in [9.17, 15) is 26.4 Å². The van der Waals surface area contributed by atoms with Crippen LogP contribution in [0.5, 0.6) is 0 Å². The molecule has 1 N–H and O–H groups in total. The number of fused-ring (bicyclic) bond motifs is 2. The Bertz CT molecular complexity index is 729. The van der Waals surface area contributed by atoms with Gasteiger partial charge in [0.15, 0.2) is 17.5 Å². The molecule has 0 amide bonds. The number of sulfonamides is 1. The molecule has 0 aliphatic carbocycles. The molecule has 22 heavy (non-hydrogen) atoms. The molecule has 120 valence electrons. The van der Waals surface area contributed by atoms with E-state index in [1.54, 1.807) is 0 Å². The number of aliphatic carboxylic acids is 1. The van der Waals surface area contributed by atoms with Gasteiger partial charge in [-0.2, -0.15) is 4.31 Å². The zero-order valence-electron chi connectivity index (χ0n) is 11.2. The first kappa shape index (κ1) is 15.3. The zero-order chi connectivity index (χ0) is 16.2. The first-order chi connectivity index (χ1) is 10.2. The van der Waals surface area contributed by atoms with E-state index in [1.807, 2.05) is 0 Å². The van der Waals surface area contributed by atoms with Gasteiger partial charge in [-0.1, -0.05) is 0 Å². The molecule has 1 aromatic rings. The van der Waals surface area contributed by atoms with Crippen molar-refractivity contribution < 1.29 is 31.5 Å². The minimum atomic E-state index is -4.28. The molecule has 0 saturated carbocycles. The topological polar surface area (TPSA) is 74.7 Å². The van der Waals surface area contributed by atoms with Gasteiger partial charge >= 0.3 is 5.97 Å². The van der Waals surface area contributed by atoms with Crippen LogP contribution in [0.15, 0.2) is 17.0 Å². The first-order valence-electron chi connectivity index (χ1n) is 6.64. The Morgan fingerprint density at radius 3 is 2.27 bits per heavy atom. The number of hydrogen-bond donors (Lipinski definition) is 1. The number of carboxylic acids is 1. The molecule has 3 atom stereocenters. The monoisotopic (exact) mass is 335 g/mol. The molecule has 3 unspecified atom stereocenters. The molecular weight excluding hydrogens is 323 g/mol. The summed E-state index contributed by atoms with van der Waals surface area (Å²) in [6.45, 7) is 0. The van der Waals surface area contributed by atoms with Crippen LogP contribution in [0.25, 0.3) is 0 Å². The predicted molar refractivity (Wildman–Crippen MR) is 67.9 cm³/mol. The van der Waals surface area contributed by atoms with Gasteiger partial charge in [0.2, 0.25) is 10.0 Å². The molecule has 0 spiro atoms. The molecule has 0 radical (unpaired) electrons. The highest BCUT2D eigenvalue weighted by molar-refractivity contribution is 7.89. The van der Waals surface area contributed by atoms with Crippen molar-refractivity contribution in [3.8, 4) is 0 Å². The fourth-order valence-electron chi connectivity index (χ4n) is 3.38. The summed E-state index contributed by atoms with van der Waals surface area (Å²) in [7, 11) is -4.28. The fraction of sp³-hybridized carbons (Fsp3) is 0.462. The lowest BCUT2D eigenvalue weighted by Crippen LogP contribution is -2.38. The van der Waals surface area contributed by atoms with Gasteiger partial charge in [0.05, 0.1) is 10.8 Å². The van der Waals surface area contributed by atoms with Gasteiger partial charge in [-0.15, -0.1) is 0 Å². The second-order valence-electron chi connectivity index (χ2n) is 5.51. The Morgan fingerprint density at radius 1 is 1.18 bits per heavy atom. The number of nitrogens with zero attached hydrogens (tertiary/aromatic N) is 1. The predicted octanol–water partition coefficient (Wildman–Crippen LogP) is 1.73. The third kappa shape index (κ3) is 2.11. The summed E-state index contributed by atoms with van der Waals surface area (Å²) in [6, 6.07) is -0.404. The molecule has 1 aromatic carbocycles. The molecule has 5 nitrogen and oxygen atoms in total. The van der Waals surface area contributed by atoms with Crippen molar-refractivity contribution in [1.29, 1.82) is 0 Å². The maximum Gasteiger partial charge on any atom is 0.308 e. The number of rotatable bonds is 3. The Balaban J connectivity index is 2.03. The maximum absolute atomic E-state index is 13.3. The van der Waals surface area contributed by atoms with Gasteiger partial charge in [0, 0.05) is 12.1 Å². The Labute approximate surface area is 124 Å². The van der Waals surface area contributed by atoms with Gasteiger partial charge in [-0.3, -0.25) is 4.79 Å². The number of hydrogen-bond acceptors (Lipinski definition) is 3. The first-order valence-corrected chi connectivity index (χ1v) is 8.08. The summed E-state index contributed by atoms with van der Waals surface area (Å²) in [5, 5.41) is 9.12. The van der Waals surface area contributed by atoms with E-state index >= 15 is 0 Å². The van der Waals surface area contributed by atoms with Crippen molar-refractivity contribution in [3.05, 3.63) is 29.6 Å². The Morgan fingerprint density at radius 2 is 1.77 bits per heavy atom. The van der Waals surface area contributed by atoms with E-state index in [-0.39, 0.29) is 6.42 Å². The van der Waals surface area contributed by atoms with Crippen LogP contribution in [0.3, 0.4) is 0 Å². The van der Waals surface area contributed by atoms with Crippen molar-refractivity contribution in [2.24, 2.45) is 5.92 Å². The van der Waals surface area contributed by atoms with Crippen LogP contribution >= 0.6 is 0 Å². The van der Waals surface area contributed by atoms with Crippen LogP contribution in [-0.2, 0) is 14.8 Å². The summed E-state index contributed by atoms with van der Waals surface area (Å²) in [6.07, 6.45) is 1.05. The van der Waals surface area contributed by atoms with Crippen LogP contribution in [0.2, 0.25) is 0 Å². The van der Waals surface area contributed by atoms with Gasteiger partial charge < -0.3 is 5.11 Å². The second kappa shape index (κ2) is 4.95. The molecule has 2 fully saturated rings. The fourth-order valence-corrected chi connectivity index (χ4v) is 5.32. The van der Waals surface area contributed by atoms with Crippen molar-refractivity contribution >= 4 is 16.0 Å². The summed E-state index contributed by atoms with van der Waals surface area (Å²) in [5.74, 6) is -6.86. The van der Waals surface area contributed by atoms with E-state index in [2.05, 4.69) is 0 Å². The van der Waals surface area contributed by atoms with Gasteiger partial charge in [-0.05, 0) is 31.4 Å². The average molecular weight is 335 g/mol. The molecule has 9 heteroatoms. The molecule has 3 rings (SSSR count). The molecule has 2 saturated heterocycles. The van der Waals surface area contributed by atoms with E-state index < -0.39 is 56.3 Å². The highest BCUT2D eigenvalue weighted by Gasteiger charge is 2.54. The van der Waals surface area contributed by atoms with Crippen molar-refractivity contribution in [1.82, 2.24) is 4.31 Å². The third-order valence-electron chi connectivity index (χ3n) is 4.32. The lowest BCUT2D eigenvalue weighted by molar-refractivity contribution is -0.142. The van der Waals surface area contributed by atoms with Crippen LogP contribution in [0.4, 0.5) is 13.2 Å². The highest BCUT2D eigenvalue weighted by Crippen LogP contribution is 2.45. The van der Waals surface area contributed by atoms with E-state index in [0.717, 1.165) is 4.31 Å². The van der Waals surface area contributed by atoms with Crippen molar-refractivity contribution in [2.75, 3.05) is 0 Å². The number of carboxylic acid groups (broad SMARTS) is 1. The molecule has 2 bridgehead atoms. The maximum atomic E-state index is 13.3. The van der Waals surface area contributed by atoms with E-state index in [4.69, 9.17) is 5.11 Å². The van der Waals surface area contributed by atoms with E-state index in [1.165, 1.54) is 0 Å². The Hall–Kier alpha value is -1.61. The molecular formula is C13H12F3NO4S. The number of halogens is 3. The minimum absolute atomic E-state index is 0.172. The normalized spacial score (nSPS) is 28.2. The van der Waals surface area contributed by atoms with Crippen LogP contribution < -0.4 is 0 Å². The van der Waals surface area contributed by atoms with Crippen LogP contribution in [0.1, 0.15) is 19.3 Å². The summed E-state index contributed by atoms with van der Waals surface area (Å²) in [4.78, 5) is 10.5. The molecule has 2 aliphatic rings. The lowest BCUT2D eigenvalue weighted by Gasteiger charge is -2.22. The quantitative estimate of drug-likeness (QED) is 0.854. The zero-order valence-corrected chi connectivity index (χ0v) is 12.0. The van der Waals surface area contributed by atoms with Crippen molar-refractivity contribution in [2.45, 2.75) is 36.2 Å². The van der Waals surface area contributed by atoms with Crippen LogP contribution in [0, 0.1) is 23.4 Å². The SMILES string of the molecule is O=C(O)C1CC2CCC1N2S(=O)(=O)c1cc(F)c(F)c(F)c1. The second-order valence-corrected chi connectivity index (χ2v) is 7.36. The average Bonchev–Trinajstić information content (AvgIpc) is 3.02. The highest BCUT2D eigenvalue weighted by atomic mass is 32.2. The third-order valence-corrected chi connectivity index (χ3v) is 6.28. The van der Waals surface area contributed by atoms with Gasteiger partial charge in [0.1, 0.15) is 0 Å².